The van der Waals surface area contributed by atoms with Gasteiger partial charge in [-0.25, -0.2) is 0 Å². The molecule has 1 saturated carbocycles. The first-order chi connectivity index (χ1) is 6.92. The minimum atomic E-state index is 0.832. The van der Waals surface area contributed by atoms with Crippen molar-refractivity contribution in [3.8, 4) is 0 Å². The van der Waals surface area contributed by atoms with Crippen LogP contribution in [0.4, 0.5) is 0 Å². The second-order valence-electron chi connectivity index (χ2n) is 4.93. The molecule has 14 heavy (non-hydrogen) atoms. The summed E-state index contributed by atoms with van der Waals surface area (Å²) in [5.41, 5.74) is 5.71. The van der Waals surface area contributed by atoms with Crippen LogP contribution in [0.3, 0.4) is 0 Å². The molecule has 1 unspecified atom stereocenters. The second-order valence-corrected chi connectivity index (χ2v) is 4.93. The van der Waals surface area contributed by atoms with Crippen LogP contribution in [0, 0.1) is 5.92 Å². The van der Waals surface area contributed by atoms with E-state index in [1.807, 2.05) is 0 Å². The largest absolute Gasteiger partial charge is 0.330 e. The summed E-state index contributed by atoms with van der Waals surface area (Å²) < 4.78 is 0. The maximum atomic E-state index is 5.71. The van der Waals surface area contributed by atoms with Crippen molar-refractivity contribution in [3.05, 3.63) is 0 Å². The van der Waals surface area contributed by atoms with Gasteiger partial charge < -0.3 is 10.6 Å². The van der Waals surface area contributed by atoms with E-state index >= 15 is 0 Å². The Morgan fingerprint density at radius 3 is 2.21 bits per heavy atom. The van der Waals surface area contributed by atoms with E-state index < -0.39 is 0 Å². The van der Waals surface area contributed by atoms with Gasteiger partial charge in [0.05, 0.1) is 0 Å². The van der Waals surface area contributed by atoms with Crippen LogP contribution in [0.1, 0.15) is 44.9 Å². The fraction of sp³-hybridized carbons (Fsp3) is 1.00. The van der Waals surface area contributed by atoms with Gasteiger partial charge in [-0.15, -0.1) is 0 Å². The molecule has 2 rings (SSSR count). The minimum absolute atomic E-state index is 0.832. The number of hydrogen-bond donors (Lipinski definition) is 1. The van der Waals surface area contributed by atoms with Crippen molar-refractivity contribution < 1.29 is 0 Å². The van der Waals surface area contributed by atoms with Crippen molar-refractivity contribution in [3.63, 3.8) is 0 Å². The van der Waals surface area contributed by atoms with Gasteiger partial charge in [0.15, 0.2) is 0 Å². The summed E-state index contributed by atoms with van der Waals surface area (Å²) in [7, 11) is 0. The molecular weight excluding hydrogens is 172 g/mol. The van der Waals surface area contributed by atoms with Gasteiger partial charge in [-0.3, -0.25) is 0 Å². The molecule has 0 radical (unpaired) electrons. The summed E-state index contributed by atoms with van der Waals surface area (Å²) in [5, 5.41) is 0. The van der Waals surface area contributed by atoms with Crippen LogP contribution in [0.25, 0.3) is 0 Å². The van der Waals surface area contributed by atoms with Crippen LogP contribution in [-0.4, -0.2) is 30.6 Å². The number of hydrogen-bond acceptors (Lipinski definition) is 2. The van der Waals surface area contributed by atoms with E-state index in [9.17, 15) is 0 Å². The molecule has 0 spiro atoms. The highest BCUT2D eigenvalue weighted by atomic mass is 15.2. The predicted octanol–water partition coefficient (Wildman–Crippen LogP) is 1.99. The average molecular weight is 196 g/mol. The molecule has 1 atom stereocenters. The first-order valence-corrected chi connectivity index (χ1v) is 6.36. The number of rotatable bonds is 4. The van der Waals surface area contributed by atoms with E-state index in [1.165, 1.54) is 58.0 Å². The molecule has 82 valence electrons. The normalized spacial score (nSPS) is 27.2. The van der Waals surface area contributed by atoms with Crippen LogP contribution in [-0.2, 0) is 0 Å². The predicted molar refractivity (Wildman–Crippen MR) is 60.2 cm³/mol. The molecule has 0 bridgehead atoms. The molecule has 0 aromatic carbocycles. The van der Waals surface area contributed by atoms with Crippen molar-refractivity contribution in [2.24, 2.45) is 11.7 Å². The Morgan fingerprint density at radius 2 is 1.71 bits per heavy atom. The number of nitrogens with two attached hydrogens (primary N) is 1. The Labute approximate surface area is 87.8 Å². The van der Waals surface area contributed by atoms with Crippen LogP contribution in [0.15, 0.2) is 0 Å². The van der Waals surface area contributed by atoms with Crippen molar-refractivity contribution in [2.45, 2.75) is 51.0 Å². The lowest BCUT2D eigenvalue weighted by atomic mass is 10.1. The van der Waals surface area contributed by atoms with E-state index in [0.717, 1.165) is 18.5 Å². The first-order valence-electron chi connectivity index (χ1n) is 6.36. The number of likely N-dealkylation sites (tertiary alicyclic amines) is 1. The maximum absolute atomic E-state index is 5.71. The molecule has 1 saturated heterocycles. The highest BCUT2D eigenvalue weighted by Gasteiger charge is 2.34. The molecule has 0 aromatic rings. The van der Waals surface area contributed by atoms with Gasteiger partial charge in [-0.05, 0) is 57.7 Å². The Morgan fingerprint density at radius 1 is 1.07 bits per heavy atom. The zero-order valence-electron chi connectivity index (χ0n) is 9.25. The van der Waals surface area contributed by atoms with E-state index in [4.69, 9.17) is 5.73 Å². The second kappa shape index (κ2) is 5.13. The Hall–Kier alpha value is -0.0800. The van der Waals surface area contributed by atoms with E-state index in [-0.39, 0.29) is 0 Å². The Balaban J connectivity index is 1.86. The summed E-state index contributed by atoms with van der Waals surface area (Å²) in [6.07, 6.45) is 9.85. The smallest absolute Gasteiger partial charge is 0.0135 e. The van der Waals surface area contributed by atoms with E-state index in [1.54, 1.807) is 0 Å². The average Bonchev–Trinajstić information content (AvgIpc) is 3.02. The quantitative estimate of drug-likeness (QED) is 0.745. The summed E-state index contributed by atoms with van der Waals surface area (Å²) in [6, 6.07) is 0.832. The molecular formula is C12H24N2. The first kappa shape index (κ1) is 10.4. The fourth-order valence-corrected chi connectivity index (χ4v) is 2.79. The summed E-state index contributed by atoms with van der Waals surface area (Å²) in [5.74, 6) is 0.997. The molecule has 2 N–H and O–H groups in total. The lowest BCUT2D eigenvalue weighted by Gasteiger charge is -2.30. The molecule has 1 heterocycles. The maximum Gasteiger partial charge on any atom is 0.0135 e. The molecule has 2 nitrogen and oxygen atoms in total. The van der Waals surface area contributed by atoms with Crippen LogP contribution < -0.4 is 5.73 Å². The van der Waals surface area contributed by atoms with Gasteiger partial charge in [0.1, 0.15) is 0 Å². The minimum Gasteiger partial charge on any atom is -0.330 e. The number of nitrogens with zero attached hydrogens (tertiary/aromatic N) is 1. The Bertz CT molecular complexity index is 158. The van der Waals surface area contributed by atoms with Crippen molar-refractivity contribution in [1.29, 1.82) is 0 Å². The lowest BCUT2D eigenvalue weighted by molar-refractivity contribution is 0.175. The zero-order chi connectivity index (χ0) is 9.80. The topological polar surface area (TPSA) is 29.3 Å². The summed E-state index contributed by atoms with van der Waals surface area (Å²) in [6.45, 7) is 3.54. The van der Waals surface area contributed by atoms with Crippen molar-refractivity contribution >= 4 is 0 Å². The molecule has 2 fully saturated rings. The van der Waals surface area contributed by atoms with Crippen molar-refractivity contribution in [2.75, 3.05) is 19.6 Å². The highest BCUT2D eigenvalue weighted by molar-refractivity contribution is 4.88. The van der Waals surface area contributed by atoms with Crippen LogP contribution >= 0.6 is 0 Å². The fourth-order valence-electron chi connectivity index (χ4n) is 2.79. The third-order valence-corrected chi connectivity index (χ3v) is 3.74. The molecule has 1 aliphatic carbocycles. The zero-order valence-corrected chi connectivity index (χ0v) is 9.25. The van der Waals surface area contributed by atoms with Crippen molar-refractivity contribution in [1.82, 2.24) is 4.90 Å². The van der Waals surface area contributed by atoms with Crippen LogP contribution in [0.5, 0.6) is 0 Å². The molecule has 2 heteroatoms. The standard InChI is InChI=1S/C12H24N2/c13-8-7-12(11-5-6-11)14-9-3-1-2-4-10-14/h11-12H,1-10,13H2. The summed E-state index contributed by atoms with van der Waals surface area (Å²) >= 11 is 0. The molecule has 2 aliphatic rings. The summed E-state index contributed by atoms with van der Waals surface area (Å²) in [4.78, 5) is 2.73. The highest BCUT2D eigenvalue weighted by Crippen LogP contribution is 2.37. The molecule has 0 amide bonds. The lowest BCUT2D eigenvalue weighted by Crippen LogP contribution is -2.39. The third kappa shape index (κ3) is 2.71. The molecule has 1 aliphatic heterocycles. The Kier molecular flexibility index (Phi) is 3.82. The van der Waals surface area contributed by atoms with Gasteiger partial charge in [0.25, 0.3) is 0 Å². The van der Waals surface area contributed by atoms with E-state index in [0.29, 0.717) is 0 Å². The van der Waals surface area contributed by atoms with Gasteiger partial charge in [0, 0.05) is 6.04 Å². The van der Waals surface area contributed by atoms with Gasteiger partial charge >= 0.3 is 0 Å². The van der Waals surface area contributed by atoms with Crippen LogP contribution in [0.2, 0.25) is 0 Å². The van der Waals surface area contributed by atoms with E-state index in [2.05, 4.69) is 4.90 Å². The SMILES string of the molecule is NCCC(C1CC1)N1CCCCCC1. The van der Waals surface area contributed by atoms with Gasteiger partial charge in [-0.1, -0.05) is 12.8 Å². The van der Waals surface area contributed by atoms with Gasteiger partial charge in [-0.2, -0.15) is 0 Å². The third-order valence-electron chi connectivity index (χ3n) is 3.74. The molecule has 0 aromatic heterocycles. The van der Waals surface area contributed by atoms with Gasteiger partial charge in [0.2, 0.25) is 0 Å². The monoisotopic (exact) mass is 196 g/mol.